The largest absolute Gasteiger partial charge is 0.435 e. The van der Waals surface area contributed by atoms with E-state index in [2.05, 4.69) is 34.3 Å². The van der Waals surface area contributed by atoms with Crippen LogP contribution in [0.1, 0.15) is 25.2 Å². The van der Waals surface area contributed by atoms with Gasteiger partial charge in [0.2, 0.25) is 0 Å². The van der Waals surface area contributed by atoms with Crippen LogP contribution in [0.2, 0.25) is 0 Å². The Bertz CT molecular complexity index is 397. The number of nitrogens with one attached hydrogen (secondary N) is 2. The molecule has 0 saturated carbocycles. The summed E-state index contributed by atoms with van der Waals surface area (Å²) in [6, 6.07) is 1.68. The molecule has 0 spiro atoms. The molecule has 19 heavy (non-hydrogen) atoms. The maximum Gasteiger partial charge on any atom is 0.435 e. The molecule has 0 amide bonds. The van der Waals surface area contributed by atoms with Crippen molar-refractivity contribution >= 4 is 12.4 Å². The van der Waals surface area contributed by atoms with Crippen molar-refractivity contribution in [1.82, 2.24) is 20.4 Å². The van der Waals surface area contributed by atoms with Gasteiger partial charge in [-0.15, -0.1) is 12.4 Å². The predicted molar refractivity (Wildman–Crippen MR) is 68.2 cm³/mol. The summed E-state index contributed by atoms with van der Waals surface area (Å²) in [6.07, 6.45) is -4.38. The highest BCUT2D eigenvalue weighted by molar-refractivity contribution is 5.85. The van der Waals surface area contributed by atoms with Crippen LogP contribution in [-0.2, 0) is 12.7 Å². The van der Waals surface area contributed by atoms with Gasteiger partial charge in [-0.1, -0.05) is 0 Å². The van der Waals surface area contributed by atoms with E-state index in [1.807, 2.05) is 0 Å². The van der Waals surface area contributed by atoms with Crippen LogP contribution in [-0.4, -0.2) is 40.3 Å². The summed E-state index contributed by atoms with van der Waals surface area (Å²) in [4.78, 5) is 2.17. The van der Waals surface area contributed by atoms with E-state index in [4.69, 9.17) is 0 Å². The number of hydrogen-bond acceptors (Lipinski definition) is 3. The highest BCUT2D eigenvalue weighted by Gasteiger charge is 2.34. The lowest BCUT2D eigenvalue weighted by Crippen LogP contribution is -2.54. The van der Waals surface area contributed by atoms with E-state index in [1.165, 1.54) is 0 Å². The Labute approximate surface area is 116 Å². The molecule has 2 N–H and O–H groups in total. The van der Waals surface area contributed by atoms with Crippen LogP contribution in [0.25, 0.3) is 0 Å². The molecule has 2 heterocycles. The van der Waals surface area contributed by atoms with E-state index in [0.29, 0.717) is 24.3 Å². The first-order chi connectivity index (χ1) is 8.38. The van der Waals surface area contributed by atoms with Gasteiger partial charge in [0.1, 0.15) is 0 Å². The second-order valence-electron chi connectivity index (χ2n) is 4.80. The van der Waals surface area contributed by atoms with E-state index >= 15 is 0 Å². The molecule has 1 aromatic rings. The Balaban J connectivity index is 0.00000180. The lowest BCUT2D eigenvalue weighted by molar-refractivity contribution is -0.141. The summed E-state index contributed by atoms with van der Waals surface area (Å²) in [5, 5.41) is 9.06. The van der Waals surface area contributed by atoms with Crippen LogP contribution >= 0.6 is 12.4 Å². The molecule has 0 unspecified atom stereocenters. The Morgan fingerprint density at radius 3 is 2.37 bits per heavy atom. The molecule has 1 fully saturated rings. The zero-order chi connectivity index (χ0) is 13.3. The van der Waals surface area contributed by atoms with Crippen molar-refractivity contribution in [1.29, 1.82) is 0 Å². The average Bonchev–Trinajstić information content (AvgIpc) is 2.72. The third-order valence-electron chi connectivity index (χ3n) is 3.29. The molecule has 1 saturated heterocycles. The van der Waals surface area contributed by atoms with Crippen molar-refractivity contribution in [3.05, 3.63) is 17.5 Å². The zero-order valence-corrected chi connectivity index (χ0v) is 11.6. The standard InChI is InChI=1S/C11H17F3N4.ClH/c1-7-4-15-5-8(2)18(7)6-9-3-10(17-16-9)11(12,13)14;/h3,7-8,15H,4-6H2,1-2H3,(H,16,17);1H/t7-,8+;. The van der Waals surface area contributed by atoms with E-state index in [1.54, 1.807) is 0 Å². The first-order valence-electron chi connectivity index (χ1n) is 5.96. The van der Waals surface area contributed by atoms with Crippen LogP contribution < -0.4 is 5.32 Å². The van der Waals surface area contributed by atoms with Gasteiger partial charge in [0, 0.05) is 37.4 Å². The molecule has 0 aliphatic carbocycles. The van der Waals surface area contributed by atoms with E-state index in [9.17, 15) is 13.2 Å². The van der Waals surface area contributed by atoms with Crippen molar-refractivity contribution in [3.8, 4) is 0 Å². The molecule has 8 heteroatoms. The van der Waals surface area contributed by atoms with Gasteiger partial charge in [-0.2, -0.15) is 18.3 Å². The average molecular weight is 299 g/mol. The Hall–Kier alpha value is -0.790. The van der Waals surface area contributed by atoms with Crippen molar-refractivity contribution < 1.29 is 13.2 Å². The fourth-order valence-corrected chi connectivity index (χ4v) is 2.27. The van der Waals surface area contributed by atoms with Gasteiger partial charge >= 0.3 is 6.18 Å². The summed E-state index contributed by atoms with van der Waals surface area (Å²) < 4.78 is 37.3. The Morgan fingerprint density at radius 1 is 1.32 bits per heavy atom. The summed E-state index contributed by atoms with van der Waals surface area (Å²) >= 11 is 0. The number of hydrogen-bond donors (Lipinski definition) is 2. The number of aromatic amines is 1. The van der Waals surface area contributed by atoms with Gasteiger partial charge in [-0.05, 0) is 19.9 Å². The monoisotopic (exact) mass is 298 g/mol. The highest BCUT2D eigenvalue weighted by Crippen LogP contribution is 2.28. The van der Waals surface area contributed by atoms with Gasteiger partial charge in [0.25, 0.3) is 0 Å². The summed E-state index contributed by atoms with van der Waals surface area (Å²) in [5.74, 6) is 0. The van der Waals surface area contributed by atoms with Crippen LogP contribution in [0.5, 0.6) is 0 Å². The Kier molecular flexibility index (Phi) is 5.23. The summed E-state index contributed by atoms with van der Waals surface area (Å²) in [5.41, 5.74) is -0.351. The minimum absolute atomic E-state index is 0. The number of piperazine rings is 1. The van der Waals surface area contributed by atoms with Crippen molar-refractivity contribution in [3.63, 3.8) is 0 Å². The third-order valence-corrected chi connectivity index (χ3v) is 3.29. The molecule has 0 aromatic carbocycles. The second-order valence-corrected chi connectivity index (χ2v) is 4.80. The maximum atomic E-state index is 12.4. The molecule has 0 bridgehead atoms. The normalized spacial score (nSPS) is 25.1. The fourth-order valence-electron chi connectivity index (χ4n) is 2.27. The lowest BCUT2D eigenvalue weighted by Gasteiger charge is -2.39. The molecule has 1 aliphatic rings. The van der Waals surface area contributed by atoms with Gasteiger partial charge in [0.05, 0.1) is 0 Å². The molecular formula is C11H18ClF3N4. The number of nitrogens with zero attached hydrogens (tertiary/aromatic N) is 2. The third kappa shape index (κ3) is 3.84. The number of halogens is 4. The van der Waals surface area contributed by atoms with Crippen LogP contribution in [0.15, 0.2) is 6.07 Å². The van der Waals surface area contributed by atoms with Gasteiger partial charge in [-0.3, -0.25) is 10.00 Å². The smallest absolute Gasteiger partial charge is 0.314 e. The first kappa shape index (κ1) is 16.3. The fraction of sp³-hybridized carbons (Fsp3) is 0.727. The maximum absolute atomic E-state index is 12.4. The molecule has 1 aliphatic heterocycles. The minimum Gasteiger partial charge on any atom is -0.314 e. The van der Waals surface area contributed by atoms with Gasteiger partial charge in [0.15, 0.2) is 5.69 Å². The SMILES string of the molecule is C[C@@H]1CNC[C@H](C)N1Cc1cc(C(F)(F)F)n[nH]1.Cl. The van der Waals surface area contributed by atoms with E-state index < -0.39 is 11.9 Å². The second kappa shape index (κ2) is 6.11. The molecule has 0 radical (unpaired) electrons. The number of rotatable bonds is 2. The zero-order valence-electron chi connectivity index (χ0n) is 10.8. The Morgan fingerprint density at radius 2 is 1.89 bits per heavy atom. The molecule has 2 rings (SSSR count). The van der Waals surface area contributed by atoms with Crippen LogP contribution in [0, 0.1) is 0 Å². The summed E-state index contributed by atoms with van der Waals surface area (Å²) in [6.45, 7) is 6.29. The van der Waals surface area contributed by atoms with Crippen molar-refractivity contribution in [2.45, 2.75) is 38.7 Å². The molecule has 2 atom stereocenters. The van der Waals surface area contributed by atoms with Crippen LogP contribution in [0.4, 0.5) is 13.2 Å². The topological polar surface area (TPSA) is 44.0 Å². The first-order valence-corrected chi connectivity index (χ1v) is 5.96. The number of aromatic nitrogens is 2. The molecule has 4 nitrogen and oxygen atoms in total. The van der Waals surface area contributed by atoms with E-state index in [-0.39, 0.29) is 12.4 Å². The minimum atomic E-state index is -4.38. The van der Waals surface area contributed by atoms with Gasteiger partial charge in [-0.25, -0.2) is 0 Å². The molecule has 110 valence electrons. The molecule has 1 aromatic heterocycles. The summed E-state index contributed by atoms with van der Waals surface area (Å²) in [7, 11) is 0. The number of H-pyrrole nitrogens is 1. The predicted octanol–water partition coefficient (Wildman–Crippen LogP) is 2.03. The van der Waals surface area contributed by atoms with E-state index in [0.717, 1.165) is 19.2 Å². The number of alkyl halides is 3. The highest BCUT2D eigenvalue weighted by atomic mass is 35.5. The quantitative estimate of drug-likeness (QED) is 0.878. The van der Waals surface area contributed by atoms with Crippen molar-refractivity contribution in [2.24, 2.45) is 0 Å². The van der Waals surface area contributed by atoms with Crippen LogP contribution in [0.3, 0.4) is 0 Å². The van der Waals surface area contributed by atoms with Gasteiger partial charge < -0.3 is 5.32 Å². The lowest BCUT2D eigenvalue weighted by atomic mass is 10.1. The van der Waals surface area contributed by atoms with Crippen molar-refractivity contribution in [2.75, 3.05) is 13.1 Å². The molecular weight excluding hydrogens is 281 g/mol.